The van der Waals surface area contributed by atoms with E-state index in [0.717, 1.165) is 5.56 Å². The molecule has 2 amide bonds. The predicted molar refractivity (Wildman–Crippen MR) is 90.6 cm³/mol. The van der Waals surface area contributed by atoms with Gasteiger partial charge in [0.15, 0.2) is 0 Å². The topological polar surface area (TPSA) is 59.1 Å². The number of rotatable bonds is 4. The molecule has 0 aromatic heterocycles. The summed E-state index contributed by atoms with van der Waals surface area (Å²) < 4.78 is 10.7. The first-order valence-corrected chi connectivity index (χ1v) is 8.25. The van der Waals surface area contributed by atoms with E-state index in [1.807, 2.05) is 58.0 Å². The maximum Gasteiger partial charge on any atom is 0.410 e. The largest absolute Gasteiger partial charge is 0.445 e. The van der Waals surface area contributed by atoms with Crippen molar-refractivity contribution in [1.29, 1.82) is 0 Å². The molecule has 0 aliphatic carbocycles. The molecule has 1 heterocycles. The van der Waals surface area contributed by atoms with E-state index >= 15 is 0 Å². The second kappa shape index (κ2) is 7.55. The zero-order valence-electron chi connectivity index (χ0n) is 14.8. The third-order valence-corrected chi connectivity index (χ3v) is 3.74. The molecule has 0 atom stereocenters. The van der Waals surface area contributed by atoms with Gasteiger partial charge < -0.3 is 19.3 Å². The number of ether oxygens (including phenoxy) is 2. The average Bonchev–Trinajstić information content (AvgIpc) is 2.47. The molecule has 0 N–H and O–H groups in total. The highest BCUT2D eigenvalue weighted by molar-refractivity contribution is 5.71. The molecule has 1 aromatic rings. The Morgan fingerprint density at radius 1 is 1.21 bits per heavy atom. The van der Waals surface area contributed by atoms with Gasteiger partial charge in [0.25, 0.3) is 0 Å². The highest BCUT2D eigenvalue weighted by Crippen LogP contribution is 2.19. The number of carbonyl (C=O) groups is 2. The Morgan fingerprint density at radius 3 is 2.38 bits per heavy atom. The first-order valence-electron chi connectivity index (χ1n) is 8.25. The zero-order chi connectivity index (χ0) is 17.7. The molecule has 132 valence electrons. The summed E-state index contributed by atoms with van der Waals surface area (Å²) in [6, 6.07) is 9.53. The minimum atomic E-state index is -0.525. The van der Waals surface area contributed by atoms with E-state index in [2.05, 4.69) is 0 Å². The van der Waals surface area contributed by atoms with Crippen molar-refractivity contribution >= 4 is 12.2 Å². The van der Waals surface area contributed by atoms with Crippen molar-refractivity contribution in [3.8, 4) is 0 Å². The maximum atomic E-state index is 12.2. The molecular formula is C18H26N2O4. The lowest BCUT2D eigenvalue weighted by molar-refractivity contribution is -0.0126. The summed E-state index contributed by atoms with van der Waals surface area (Å²) in [5.74, 6) is 0. The van der Waals surface area contributed by atoms with Crippen LogP contribution in [-0.2, 0) is 16.1 Å². The van der Waals surface area contributed by atoms with Gasteiger partial charge in [-0.3, -0.25) is 0 Å². The Hall–Kier alpha value is -2.24. The van der Waals surface area contributed by atoms with E-state index in [1.165, 1.54) is 0 Å². The Bertz CT molecular complexity index is 562. The summed E-state index contributed by atoms with van der Waals surface area (Å²) in [7, 11) is 0. The molecule has 1 saturated heterocycles. The van der Waals surface area contributed by atoms with Crippen LogP contribution in [0.15, 0.2) is 30.3 Å². The Kier molecular flexibility index (Phi) is 5.70. The minimum absolute atomic E-state index is 0.0193. The molecule has 0 unspecified atom stereocenters. The Balaban J connectivity index is 1.78. The van der Waals surface area contributed by atoms with Crippen LogP contribution in [0, 0.1) is 0 Å². The van der Waals surface area contributed by atoms with Crippen LogP contribution >= 0.6 is 0 Å². The molecule has 0 bridgehead atoms. The number of hydrogen-bond donors (Lipinski definition) is 0. The number of likely N-dealkylation sites (tertiary alicyclic amines) is 1. The van der Waals surface area contributed by atoms with Gasteiger partial charge in [-0.2, -0.15) is 0 Å². The van der Waals surface area contributed by atoms with Crippen LogP contribution in [0.25, 0.3) is 0 Å². The standard InChI is InChI=1S/C18H26N2O4/c1-5-20(17(22)24-18(2,3)4)15-11-19(12-15)16(21)23-13-14-9-7-6-8-10-14/h6-10,15H,5,11-13H2,1-4H3. The van der Waals surface area contributed by atoms with Crippen molar-refractivity contribution in [1.82, 2.24) is 9.80 Å². The number of amides is 2. The van der Waals surface area contributed by atoms with Crippen LogP contribution in [0.3, 0.4) is 0 Å². The number of nitrogens with zero attached hydrogens (tertiary/aromatic N) is 2. The third-order valence-electron chi connectivity index (χ3n) is 3.74. The first-order chi connectivity index (χ1) is 11.3. The maximum absolute atomic E-state index is 12.2. The SMILES string of the molecule is CCN(C(=O)OC(C)(C)C)C1CN(C(=O)OCc2ccccc2)C1. The highest BCUT2D eigenvalue weighted by atomic mass is 16.6. The molecule has 6 heteroatoms. The van der Waals surface area contributed by atoms with Crippen LogP contribution in [0.1, 0.15) is 33.3 Å². The summed E-state index contributed by atoms with van der Waals surface area (Å²) in [6.45, 7) is 9.17. The van der Waals surface area contributed by atoms with Crippen LogP contribution < -0.4 is 0 Å². The van der Waals surface area contributed by atoms with Gasteiger partial charge in [-0.05, 0) is 33.3 Å². The van der Waals surface area contributed by atoms with E-state index in [-0.39, 0.29) is 24.8 Å². The quantitative estimate of drug-likeness (QED) is 0.848. The van der Waals surface area contributed by atoms with Gasteiger partial charge in [0, 0.05) is 19.6 Å². The van der Waals surface area contributed by atoms with Gasteiger partial charge in [-0.25, -0.2) is 9.59 Å². The van der Waals surface area contributed by atoms with Crippen molar-refractivity contribution < 1.29 is 19.1 Å². The fourth-order valence-corrected chi connectivity index (χ4v) is 2.47. The number of benzene rings is 1. The minimum Gasteiger partial charge on any atom is -0.445 e. The smallest absolute Gasteiger partial charge is 0.410 e. The molecular weight excluding hydrogens is 308 g/mol. The summed E-state index contributed by atoms with van der Waals surface area (Å²) in [6.07, 6.45) is -0.692. The molecule has 24 heavy (non-hydrogen) atoms. The highest BCUT2D eigenvalue weighted by Gasteiger charge is 2.38. The fourth-order valence-electron chi connectivity index (χ4n) is 2.47. The van der Waals surface area contributed by atoms with E-state index in [1.54, 1.807) is 9.80 Å². The van der Waals surface area contributed by atoms with Gasteiger partial charge >= 0.3 is 12.2 Å². The molecule has 1 aliphatic heterocycles. The molecule has 0 saturated carbocycles. The van der Waals surface area contributed by atoms with Crippen molar-refractivity contribution in [2.24, 2.45) is 0 Å². The molecule has 2 rings (SSSR count). The Morgan fingerprint density at radius 2 is 1.83 bits per heavy atom. The third kappa shape index (κ3) is 4.88. The second-order valence-corrected chi connectivity index (χ2v) is 6.87. The molecule has 6 nitrogen and oxygen atoms in total. The lowest BCUT2D eigenvalue weighted by Gasteiger charge is -2.44. The van der Waals surface area contributed by atoms with Crippen LogP contribution in [0.4, 0.5) is 9.59 Å². The molecule has 1 aromatic carbocycles. The lowest BCUT2D eigenvalue weighted by Crippen LogP contribution is -2.62. The summed E-state index contributed by atoms with van der Waals surface area (Å²) in [5, 5.41) is 0. The van der Waals surface area contributed by atoms with Gasteiger partial charge in [-0.1, -0.05) is 30.3 Å². The Labute approximate surface area is 143 Å². The summed E-state index contributed by atoms with van der Waals surface area (Å²) >= 11 is 0. The normalized spacial score (nSPS) is 14.8. The van der Waals surface area contributed by atoms with E-state index in [9.17, 15) is 9.59 Å². The van der Waals surface area contributed by atoms with Crippen molar-refractivity contribution in [3.05, 3.63) is 35.9 Å². The molecule has 0 radical (unpaired) electrons. The fraction of sp³-hybridized carbons (Fsp3) is 0.556. The van der Waals surface area contributed by atoms with Gasteiger partial charge in [0.1, 0.15) is 12.2 Å². The van der Waals surface area contributed by atoms with Crippen LogP contribution in [0.5, 0.6) is 0 Å². The second-order valence-electron chi connectivity index (χ2n) is 6.87. The van der Waals surface area contributed by atoms with Crippen LogP contribution in [-0.4, -0.2) is 53.3 Å². The van der Waals surface area contributed by atoms with E-state index < -0.39 is 5.60 Å². The molecule has 1 fully saturated rings. The lowest BCUT2D eigenvalue weighted by atomic mass is 10.1. The average molecular weight is 334 g/mol. The number of likely N-dealkylation sites (N-methyl/N-ethyl adjacent to an activating group) is 1. The van der Waals surface area contributed by atoms with Crippen LogP contribution in [0.2, 0.25) is 0 Å². The van der Waals surface area contributed by atoms with E-state index in [0.29, 0.717) is 19.6 Å². The number of carbonyl (C=O) groups excluding carboxylic acids is 2. The van der Waals surface area contributed by atoms with E-state index in [4.69, 9.17) is 9.47 Å². The predicted octanol–water partition coefficient (Wildman–Crippen LogP) is 3.26. The van der Waals surface area contributed by atoms with Gasteiger partial charge in [0.05, 0.1) is 6.04 Å². The van der Waals surface area contributed by atoms with Crippen molar-refractivity contribution in [2.75, 3.05) is 19.6 Å². The molecule has 0 spiro atoms. The zero-order valence-corrected chi connectivity index (χ0v) is 14.8. The summed E-state index contributed by atoms with van der Waals surface area (Å²) in [5.41, 5.74) is 0.426. The number of hydrogen-bond acceptors (Lipinski definition) is 4. The van der Waals surface area contributed by atoms with Crippen molar-refractivity contribution in [3.63, 3.8) is 0 Å². The van der Waals surface area contributed by atoms with Gasteiger partial charge in [0.2, 0.25) is 0 Å². The van der Waals surface area contributed by atoms with Gasteiger partial charge in [-0.15, -0.1) is 0 Å². The van der Waals surface area contributed by atoms with Crippen molar-refractivity contribution in [2.45, 2.75) is 45.9 Å². The molecule has 1 aliphatic rings. The summed E-state index contributed by atoms with van der Waals surface area (Å²) in [4.78, 5) is 27.5. The first kappa shape index (κ1) is 18.1. The monoisotopic (exact) mass is 334 g/mol.